The van der Waals surface area contributed by atoms with Crippen LogP contribution in [-0.4, -0.2) is 35.5 Å². The second kappa shape index (κ2) is 4.96. The fraction of sp³-hybridized carbons (Fsp3) is 0.500. The van der Waals surface area contributed by atoms with Crippen LogP contribution in [0.4, 0.5) is 11.6 Å². The highest BCUT2D eigenvalue weighted by Gasteiger charge is 2.23. The Morgan fingerprint density at radius 2 is 2.35 bits per heavy atom. The molecule has 0 bridgehead atoms. The third kappa shape index (κ3) is 3.28. The van der Waals surface area contributed by atoms with Gasteiger partial charge in [0.25, 0.3) is 0 Å². The van der Waals surface area contributed by atoms with Crippen molar-refractivity contribution in [2.75, 3.05) is 23.9 Å². The van der Waals surface area contributed by atoms with Crippen LogP contribution in [0.15, 0.2) is 12.4 Å². The van der Waals surface area contributed by atoms with Gasteiger partial charge >= 0.3 is 0 Å². The topological polar surface area (TPSA) is 96.2 Å². The predicted molar refractivity (Wildman–Crippen MR) is 64.3 cm³/mol. The molecule has 0 aliphatic heterocycles. The average Bonchev–Trinajstić information content (AvgIpc) is 3.12. The number of hydrogen-bond donors (Lipinski definition) is 3. The Morgan fingerprint density at radius 1 is 1.59 bits per heavy atom. The molecular weight excluding hydrogens is 220 g/mol. The highest BCUT2D eigenvalue weighted by molar-refractivity contribution is 5.81. The Labute approximate surface area is 99.4 Å². The van der Waals surface area contributed by atoms with Crippen molar-refractivity contribution in [3.8, 4) is 0 Å². The van der Waals surface area contributed by atoms with E-state index >= 15 is 0 Å². The van der Waals surface area contributed by atoms with Crippen LogP contribution >= 0.6 is 0 Å². The van der Waals surface area contributed by atoms with Gasteiger partial charge in [-0.25, -0.2) is 10.8 Å². The number of anilines is 2. The monoisotopic (exact) mass is 236 g/mol. The zero-order valence-electron chi connectivity index (χ0n) is 9.68. The van der Waals surface area contributed by atoms with Gasteiger partial charge in [-0.05, 0) is 12.8 Å². The first kappa shape index (κ1) is 11.6. The van der Waals surface area contributed by atoms with Gasteiger partial charge in [0.2, 0.25) is 5.91 Å². The van der Waals surface area contributed by atoms with Crippen LogP contribution in [0.1, 0.15) is 12.8 Å². The number of likely N-dealkylation sites (N-methyl/N-ethyl adjacent to an activating group) is 1. The predicted octanol–water partition coefficient (Wildman–Crippen LogP) is -0.523. The molecule has 92 valence electrons. The number of nitrogens with zero attached hydrogens (tertiary/aromatic N) is 3. The Kier molecular flexibility index (Phi) is 3.38. The maximum atomic E-state index is 11.6. The highest BCUT2D eigenvalue weighted by atomic mass is 16.2. The van der Waals surface area contributed by atoms with E-state index in [1.807, 2.05) is 0 Å². The molecule has 1 fully saturated rings. The summed E-state index contributed by atoms with van der Waals surface area (Å²) < 4.78 is 0. The molecule has 7 heteroatoms. The molecule has 4 N–H and O–H groups in total. The van der Waals surface area contributed by atoms with Crippen LogP contribution in [0, 0.1) is 0 Å². The molecule has 1 aromatic rings. The van der Waals surface area contributed by atoms with Crippen LogP contribution < -0.4 is 21.5 Å². The first-order chi connectivity index (χ1) is 8.19. The van der Waals surface area contributed by atoms with Crippen molar-refractivity contribution >= 4 is 17.5 Å². The maximum absolute atomic E-state index is 11.6. The molecule has 0 spiro atoms. The SMILES string of the molecule is CN(CC(=O)NC1CC1)c1cncc(NN)n1. The molecule has 1 amide bonds. The second-order valence-electron chi connectivity index (χ2n) is 4.10. The summed E-state index contributed by atoms with van der Waals surface area (Å²) in [6.07, 6.45) is 5.27. The van der Waals surface area contributed by atoms with E-state index in [4.69, 9.17) is 5.84 Å². The number of nitrogens with two attached hydrogens (primary N) is 1. The third-order valence-electron chi connectivity index (χ3n) is 2.48. The van der Waals surface area contributed by atoms with Crippen molar-refractivity contribution in [3.05, 3.63) is 12.4 Å². The van der Waals surface area contributed by atoms with Gasteiger partial charge in [-0.2, -0.15) is 0 Å². The summed E-state index contributed by atoms with van der Waals surface area (Å²) in [5.74, 6) is 6.32. The van der Waals surface area contributed by atoms with Crippen molar-refractivity contribution in [2.45, 2.75) is 18.9 Å². The zero-order chi connectivity index (χ0) is 12.3. The zero-order valence-corrected chi connectivity index (χ0v) is 9.68. The van der Waals surface area contributed by atoms with Crippen molar-refractivity contribution < 1.29 is 4.79 Å². The molecule has 0 unspecified atom stereocenters. The normalized spacial score (nSPS) is 14.2. The third-order valence-corrected chi connectivity index (χ3v) is 2.48. The Balaban J connectivity index is 1.92. The number of amides is 1. The van der Waals surface area contributed by atoms with E-state index in [1.165, 1.54) is 6.20 Å². The van der Waals surface area contributed by atoms with Gasteiger partial charge in [-0.3, -0.25) is 9.78 Å². The van der Waals surface area contributed by atoms with E-state index in [0.717, 1.165) is 12.8 Å². The summed E-state index contributed by atoms with van der Waals surface area (Å²) in [5, 5.41) is 2.91. The molecule has 0 aromatic carbocycles. The number of rotatable bonds is 5. The fourth-order valence-corrected chi connectivity index (χ4v) is 1.41. The van der Waals surface area contributed by atoms with Gasteiger partial charge in [-0.1, -0.05) is 0 Å². The molecule has 1 heterocycles. The van der Waals surface area contributed by atoms with Crippen molar-refractivity contribution in [3.63, 3.8) is 0 Å². The van der Waals surface area contributed by atoms with Gasteiger partial charge in [0.1, 0.15) is 5.82 Å². The molecule has 2 rings (SSSR count). The van der Waals surface area contributed by atoms with E-state index in [1.54, 1.807) is 18.1 Å². The van der Waals surface area contributed by atoms with Crippen molar-refractivity contribution in [2.24, 2.45) is 5.84 Å². The molecule has 0 atom stereocenters. The van der Waals surface area contributed by atoms with E-state index in [0.29, 0.717) is 17.7 Å². The van der Waals surface area contributed by atoms with Crippen LogP contribution in [0.3, 0.4) is 0 Å². The summed E-state index contributed by atoms with van der Waals surface area (Å²) in [4.78, 5) is 21.5. The van der Waals surface area contributed by atoms with Gasteiger partial charge < -0.3 is 15.6 Å². The summed E-state index contributed by atoms with van der Waals surface area (Å²) in [6, 6.07) is 0.374. The Hall–Kier alpha value is -1.89. The van der Waals surface area contributed by atoms with E-state index < -0.39 is 0 Å². The lowest BCUT2D eigenvalue weighted by molar-refractivity contribution is -0.119. The lowest BCUT2D eigenvalue weighted by atomic mass is 10.4. The maximum Gasteiger partial charge on any atom is 0.239 e. The van der Waals surface area contributed by atoms with Gasteiger partial charge in [0, 0.05) is 13.1 Å². The summed E-state index contributed by atoms with van der Waals surface area (Å²) in [5.41, 5.74) is 2.42. The van der Waals surface area contributed by atoms with Gasteiger partial charge in [0.15, 0.2) is 5.82 Å². The molecule has 17 heavy (non-hydrogen) atoms. The Morgan fingerprint density at radius 3 is 3.00 bits per heavy atom. The van der Waals surface area contributed by atoms with Crippen LogP contribution in [-0.2, 0) is 4.79 Å². The molecular formula is C10H16N6O. The fourth-order valence-electron chi connectivity index (χ4n) is 1.41. The summed E-state index contributed by atoms with van der Waals surface area (Å²) in [7, 11) is 1.79. The molecule has 0 saturated heterocycles. The van der Waals surface area contributed by atoms with Gasteiger partial charge in [0.05, 0.1) is 18.9 Å². The van der Waals surface area contributed by atoms with E-state index in [-0.39, 0.29) is 12.5 Å². The Bertz CT molecular complexity index is 406. The second-order valence-corrected chi connectivity index (χ2v) is 4.10. The minimum atomic E-state index is 0.00270. The molecule has 1 aliphatic carbocycles. The van der Waals surface area contributed by atoms with Crippen LogP contribution in [0.25, 0.3) is 0 Å². The number of aromatic nitrogens is 2. The van der Waals surface area contributed by atoms with Crippen LogP contribution in [0.2, 0.25) is 0 Å². The molecule has 0 radical (unpaired) electrons. The summed E-state index contributed by atoms with van der Waals surface area (Å²) >= 11 is 0. The quantitative estimate of drug-likeness (QED) is 0.470. The number of hydrogen-bond acceptors (Lipinski definition) is 6. The molecule has 1 aliphatic rings. The lowest BCUT2D eigenvalue weighted by Gasteiger charge is -2.17. The largest absolute Gasteiger partial charge is 0.352 e. The van der Waals surface area contributed by atoms with Crippen molar-refractivity contribution in [1.29, 1.82) is 0 Å². The first-order valence-electron chi connectivity index (χ1n) is 5.48. The molecule has 1 saturated carbocycles. The number of carbonyl (C=O) groups excluding carboxylic acids is 1. The first-order valence-corrected chi connectivity index (χ1v) is 5.48. The highest BCUT2D eigenvalue weighted by Crippen LogP contribution is 2.18. The number of nitrogen functional groups attached to an aromatic ring is 1. The molecule has 1 aromatic heterocycles. The number of carbonyl (C=O) groups is 1. The smallest absolute Gasteiger partial charge is 0.239 e. The minimum absolute atomic E-state index is 0.00270. The lowest BCUT2D eigenvalue weighted by Crippen LogP contribution is -2.36. The number of hydrazine groups is 1. The number of nitrogens with one attached hydrogen (secondary N) is 2. The van der Waals surface area contributed by atoms with E-state index in [2.05, 4.69) is 20.7 Å². The van der Waals surface area contributed by atoms with Crippen LogP contribution in [0.5, 0.6) is 0 Å². The van der Waals surface area contributed by atoms with E-state index in [9.17, 15) is 4.79 Å². The average molecular weight is 236 g/mol. The van der Waals surface area contributed by atoms with Gasteiger partial charge in [-0.15, -0.1) is 0 Å². The standard InChI is InChI=1S/C10H16N6O/c1-16(6-10(17)13-7-2-3-7)9-5-12-4-8(14-9)15-11/h4-5,7H,2-3,6,11H2,1H3,(H,13,17)(H,14,15). The summed E-state index contributed by atoms with van der Waals surface area (Å²) in [6.45, 7) is 0.263. The molecule has 7 nitrogen and oxygen atoms in total. The van der Waals surface area contributed by atoms with Crippen molar-refractivity contribution in [1.82, 2.24) is 15.3 Å². The minimum Gasteiger partial charge on any atom is -0.352 e.